The summed E-state index contributed by atoms with van der Waals surface area (Å²) in [6.45, 7) is 0.448. The summed E-state index contributed by atoms with van der Waals surface area (Å²) in [5, 5.41) is 17.7. The molecule has 0 radical (unpaired) electrons. The average molecular weight is 359 g/mol. The molecule has 0 aliphatic rings. The van der Waals surface area contributed by atoms with Crippen molar-refractivity contribution >= 4 is 39.1 Å². The van der Waals surface area contributed by atoms with Crippen LogP contribution in [0.15, 0.2) is 21.4 Å². The molecule has 0 saturated heterocycles. The van der Waals surface area contributed by atoms with Gasteiger partial charge in [0, 0.05) is 13.6 Å². The van der Waals surface area contributed by atoms with Crippen molar-refractivity contribution in [3.05, 3.63) is 32.7 Å². The summed E-state index contributed by atoms with van der Waals surface area (Å²) in [5.41, 5.74) is 0.852. The van der Waals surface area contributed by atoms with E-state index in [0.29, 0.717) is 6.54 Å². The summed E-state index contributed by atoms with van der Waals surface area (Å²) >= 11 is 4.92. The number of carboxylic acids is 1. The molecule has 0 bridgehead atoms. The van der Waals surface area contributed by atoms with Crippen LogP contribution in [0.2, 0.25) is 0 Å². The summed E-state index contributed by atoms with van der Waals surface area (Å²) in [4.78, 5) is 24.2. The Morgan fingerprint density at radius 2 is 2.30 bits per heavy atom. The Labute approximate surface area is 126 Å². The van der Waals surface area contributed by atoms with E-state index in [9.17, 15) is 9.59 Å². The smallest absolute Gasteiger partial charge is 0.358 e. The van der Waals surface area contributed by atoms with Crippen LogP contribution in [0, 0.1) is 0 Å². The van der Waals surface area contributed by atoms with Crippen molar-refractivity contribution in [2.24, 2.45) is 0 Å². The number of amides is 1. The Balaban J connectivity index is 1.94. The molecule has 0 fully saturated rings. The fourth-order valence-electron chi connectivity index (χ4n) is 1.52. The van der Waals surface area contributed by atoms with Crippen LogP contribution in [0.3, 0.4) is 0 Å². The van der Waals surface area contributed by atoms with Crippen molar-refractivity contribution in [1.29, 1.82) is 0 Å². The van der Waals surface area contributed by atoms with Gasteiger partial charge in [-0.15, -0.1) is 16.4 Å². The first kappa shape index (κ1) is 14.7. The van der Waals surface area contributed by atoms with Crippen molar-refractivity contribution in [1.82, 2.24) is 19.9 Å². The van der Waals surface area contributed by atoms with Gasteiger partial charge in [-0.3, -0.25) is 4.79 Å². The molecule has 0 aliphatic carbocycles. The Bertz CT molecular complexity index is 639. The molecule has 1 N–H and O–H groups in total. The highest BCUT2D eigenvalue weighted by Crippen LogP contribution is 2.21. The second-order valence-electron chi connectivity index (χ2n) is 4.12. The molecule has 2 aromatic heterocycles. The van der Waals surface area contributed by atoms with Crippen LogP contribution < -0.4 is 0 Å². The lowest BCUT2D eigenvalue weighted by molar-refractivity contribution is -0.131. The summed E-state index contributed by atoms with van der Waals surface area (Å²) in [6, 6.07) is 1.95. The minimum atomic E-state index is -1.17. The van der Waals surface area contributed by atoms with E-state index in [-0.39, 0.29) is 18.1 Å². The number of carbonyl (C=O) groups is 2. The second kappa shape index (κ2) is 6.14. The van der Waals surface area contributed by atoms with Crippen LogP contribution in [0.1, 0.15) is 16.1 Å². The van der Waals surface area contributed by atoms with Gasteiger partial charge in [-0.1, -0.05) is 5.21 Å². The largest absolute Gasteiger partial charge is 0.476 e. The fraction of sp³-hybridized carbons (Fsp3) is 0.273. The maximum Gasteiger partial charge on any atom is 0.358 e. The minimum absolute atomic E-state index is 0.0396. The van der Waals surface area contributed by atoms with Gasteiger partial charge in [-0.05, 0) is 32.9 Å². The minimum Gasteiger partial charge on any atom is -0.476 e. The molecule has 2 heterocycles. The third-order valence-electron chi connectivity index (χ3n) is 2.52. The zero-order valence-corrected chi connectivity index (χ0v) is 12.9. The predicted octanol–water partition coefficient (Wildman–Crippen LogP) is 1.46. The van der Waals surface area contributed by atoms with E-state index < -0.39 is 5.97 Å². The Morgan fingerprint density at radius 3 is 2.85 bits per heavy atom. The Kier molecular flexibility index (Phi) is 4.50. The summed E-state index contributed by atoms with van der Waals surface area (Å²) in [6.07, 6.45) is 1.23. The number of aromatic carboxylic acids is 1. The quantitative estimate of drug-likeness (QED) is 0.873. The van der Waals surface area contributed by atoms with Gasteiger partial charge < -0.3 is 10.0 Å². The first-order valence-electron chi connectivity index (χ1n) is 5.56. The first-order valence-corrected chi connectivity index (χ1v) is 7.23. The van der Waals surface area contributed by atoms with Crippen LogP contribution in [0.25, 0.3) is 0 Å². The number of aromatic nitrogens is 3. The summed E-state index contributed by atoms with van der Waals surface area (Å²) < 4.78 is 2.22. The average Bonchev–Trinajstić information content (AvgIpc) is 2.98. The Hall–Kier alpha value is -1.74. The van der Waals surface area contributed by atoms with Crippen LogP contribution in [0.5, 0.6) is 0 Å². The number of rotatable bonds is 5. The van der Waals surface area contributed by atoms with Crippen LogP contribution in [-0.2, 0) is 17.9 Å². The molecule has 0 aliphatic heterocycles. The number of thiophene rings is 1. The molecule has 0 spiro atoms. The lowest BCUT2D eigenvalue weighted by Crippen LogP contribution is -2.29. The van der Waals surface area contributed by atoms with Gasteiger partial charge in [-0.25, -0.2) is 9.48 Å². The van der Waals surface area contributed by atoms with Gasteiger partial charge in [0.2, 0.25) is 5.91 Å². The number of carbonyl (C=O) groups excluding carboxylic acids is 1. The molecule has 0 atom stereocenters. The second-order valence-corrected chi connectivity index (χ2v) is 6.41. The van der Waals surface area contributed by atoms with Crippen molar-refractivity contribution in [2.45, 2.75) is 13.1 Å². The molecule has 1 amide bonds. The van der Waals surface area contributed by atoms with E-state index in [1.807, 2.05) is 11.4 Å². The number of carboxylic acid groups (broad SMARTS) is 1. The molecule has 7 nitrogen and oxygen atoms in total. The molecule has 106 valence electrons. The lowest BCUT2D eigenvalue weighted by atomic mass is 10.3. The molecular formula is C11H11BrN4O3S. The highest BCUT2D eigenvalue weighted by molar-refractivity contribution is 9.11. The molecular weight excluding hydrogens is 348 g/mol. The van der Waals surface area contributed by atoms with Crippen molar-refractivity contribution in [2.75, 3.05) is 7.05 Å². The third-order valence-corrected chi connectivity index (χ3v) is 4.08. The van der Waals surface area contributed by atoms with Crippen molar-refractivity contribution in [3.8, 4) is 0 Å². The van der Waals surface area contributed by atoms with Gasteiger partial charge in [0.15, 0.2) is 5.69 Å². The van der Waals surface area contributed by atoms with E-state index in [2.05, 4.69) is 26.2 Å². The number of hydrogen-bond acceptors (Lipinski definition) is 5. The predicted molar refractivity (Wildman–Crippen MR) is 75.5 cm³/mol. The lowest BCUT2D eigenvalue weighted by Gasteiger charge is -2.16. The highest BCUT2D eigenvalue weighted by Gasteiger charge is 2.14. The Morgan fingerprint density at radius 1 is 1.55 bits per heavy atom. The maximum absolute atomic E-state index is 12.0. The molecule has 0 unspecified atom stereocenters. The first-order chi connectivity index (χ1) is 9.45. The fourth-order valence-corrected chi connectivity index (χ4v) is 2.72. The molecule has 20 heavy (non-hydrogen) atoms. The number of likely N-dealkylation sites (N-methyl/N-ethyl adjacent to an activating group) is 1. The third kappa shape index (κ3) is 3.64. The van der Waals surface area contributed by atoms with Crippen LogP contribution in [-0.4, -0.2) is 43.9 Å². The van der Waals surface area contributed by atoms with Crippen molar-refractivity contribution in [3.63, 3.8) is 0 Å². The number of halogens is 1. The maximum atomic E-state index is 12.0. The monoisotopic (exact) mass is 358 g/mol. The molecule has 2 rings (SSSR count). The van der Waals surface area contributed by atoms with Gasteiger partial charge in [0.1, 0.15) is 6.54 Å². The molecule has 2 aromatic rings. The topological polar surface area (TPSA) is 88.3 Å². The summed E-state index contributed by atoms with van der Waals surface area (Å²) in [5.74, 6) is -1.34. The van der Waals surface area contributed by atoms with Crippen LogP contribution >= 0.6 is 27.3 Å². The van der Waals surface area contributed by atoms with Gasteiger partial charge in [0.05, 0.1) is 9.98 Å². The van der Waals surface area contributed by atoms with E-state index in [1.54, 1.807) is 23.3 Å². The highest BCUT2D eigenvalue weighted by atomic mass is 79.9. The molecule has 0 aromatic carbocycles. The normalized spacial score (nSPS) is 10.5. The van der Waals surface area contributed by atoms with Crippen LogP contribution in [0.4, 0.5) is 0 Å². The van der Waals surface area contributed by atoms with Gasteiger partial charge >= 0.3 is 5.97 Å². The zero-order chi connectivity index (χ0) is 14.7. The SMILES string of the molecule is CN(Cc1csc(Br)c1)C(=O)Cn1cc(C(=O)O)nn1. The van der Waals surface area contributed by atoms with E-state index in [0.717, 1.165) is 9.35 Å². The molecule has 9 heteroatoms. The van der Waals surface area contributed by atoms with E-state index >= 15 is 0 Å². The van der Waals surface area contributed by atoms with Gasteiger partial charge in [-0.2, -0.15) is 0 Å². The van der Waals surface area contributed by atoms with E-state index in [1.165, 1.54) is 10.9 Å². The molecule has 0 saturated carbocycles. The number of nitrogens with zero attached hydrogens (tertiary/aromatic N) is 4. The van der Waals surface area contributed by atoms with Gasteiger partial charge in [0.25, 0.3) is 0 Å². The standard InChI is InChI=1S/C11H11BrN4O3S/c1-15(3-7-2-9(12)20-6-7)10(17)5-16-4-8(11(18)19)13-14-16/h2,4,6H,3,5H2,1H3,(H,18,19). The zero-order valence-electron chi connectivity index (χ0n) is 10.5. The van der Waals surface area contributed by atoms with Crippen molar-refractivity contribution < 1.29 is 14.7 Å². The summed E-state index contributed by atoms with van der Waals surface area (Å²) in [7, 11) is 1.68. The van der Waals surface area contributed by atoms with E-state index in [4.69, 9.17) is 5.11 Å². The number of hydrogen-bond donors (Lipinski definition) is 1.